The summed E-state index contributed by atoms with van der Waals surface area (Å²) in [5.41, 5.74) is 2.33. The van der Waals surface area contributed by atoms with Crippen LogP contribution in [0.5, 0.6) is 0 Å². The van der Waals surface area contributed by atoms with E-state index in [-0.39, 0.29) is 33.9 Å². The first-order valence-corrected chi connectivity index (χ1v) is 10.8. The summed E-state index contributed by atoms with van der Waals surface area (Å²) < 4.78 is 27.1. The van der Waals surface area contributed by atoms with E-state index in [1.807, 2.05) is 18.2 Å². The fourth-order valence-corrected chi connectivity index (χ4v) is 5.28. The first kappa shape index (κ1) is 20.1. The predicted molar refractivity (Wildman–Crippen MR) is 106 cm³/mol. The summed E-state index contributed by atoms with van der Waals surface area (Å²) >= 11 is 12.0. The zero-order valence-electron chi connectivity index (χ0n) is 14.9. The van der Waals surface area contributed by atoms with Crippen LogP contribution in [0.1, 0.15) is 18.1 Å². The number of carbonyl (C=O) groups excluding carboxylic acids is 1. The molecule has 0 radical (unpaired) electrons. The van der Waals surface area contributed by atoms with Gasteiger partial charge in [0.2, 0.25) is 15.9 Å². The van der Waals surface area contributed by atoms with Gasteiger partial charge >= 0.3 is 0 Å². The second-order valence-electron chi connectivity index (χ2n) is 6.34. The quantitative estimate of drug-likeness (QED) is 0.733. The highest BCUT2D eigenvalue weighted by atomic mass is 35.5. The summed E-state index contributed by atoms with van der Waals surface area (Å²) in [6, 6.07) is 12.2. The molecular weight excluding hydrogens is 407 g/mol. The molecule has 0 N–H and O–H groups in total. The number of halogens is 2. The Labute approximate surface area is 169 Å². The average Bonchev–Trinajstić information content (AvgIpc) is 2.67. The molecule has 1 heterocycles. The van der Waals surface area contributed by atoms with E-state index in [1.54, 1.807) is 11.8 Å². The van der Waals surface area contributed by atoms with Crippen molar-refractivity contribution in [1.82, 2.24) is 9.21 Å². The zero-order chi connectivity index (χ0) is 19.6. The molecule has 144 valence electrons. The monoisotopic (exact) mass is 426 g/mol. The number of carbonyl (C=O) groups is 1. The number of likely N-dealkylation sites (N-methyl/N-ethyl adjacent to an activating group) is 1. The predicted octanol–water partition coefficient (Wildman–Crippen LogP) is 3.59. The number of fused-ring (bicyclic) bond motifs is 1. The van der Waals surface area contributed by atoms with Gasteiger partial charge in [-0.1, -0.05) is 54.4 Å². The van der Waals surface area contributed by atoms with Gasteiger partial charge in [-0.15, -0.1) is 0 Å². The van der Waals surface area contributed by atoms with Crippen LogP contribution in [-0.4, -0.2) is 43.2 Å². The van der Waals surface area contributed by atoms with Crippen LogP contribution in [0.2, 0.25) is 10.0 Å². The third kappa shape index (κ3) is 4.29. The molecule has 0 spiro atoms. The Morgan fingerprint density at radius 2 is 1.85 bits per heavy atom. The normalized spacial score (nSPS) is 14.3. The topological polar surface area (TPSA) is 57.7 Å². The maximum absolute atomic E-state index is 13.0. The third-order valence-corrected chi connectivity index (χ3v) is 7.30. The van der Waals surface area contributed by atoms with Crippen molar-refractivity contribution < 1.29 is 13.2 Å². The van der Waals surface area contributed by atoms with Crippen LogP contribution in [0.3, 0.4) is 0 Å². The first-order valence-electron chi connectivity index (χ1n) is 8.62. The molecule has 8 heteroatoms. The first-order chi connectivity index (χ1) is 12.8. The molecule has 2 aromatic carbocycles. The van der Waals surface area contributed by atoms with E-state index in [4.69, 9.17) is 23.2 Å². The Kier molecular flexibility index (Phi) is 6.11. The molecule has 0 fully saturated rings. The van der Waals surface area contributed by atoms with Crippen LogP contribution in [0.4, 0.5) is 0 Å². The Bertz CT molecular complexity index is 963. The molecule has 3 rings (SSSR count). The number of amides is 1. The van der Waals surface area contributed by atoms with E-state index in [2.05, 4.69) is 6.07 Å². The Morgan fingerprint density at radius 1 is 1.15 bits per heavy atom. The third-order valence-electron chi connectivity index (χ3n) is 4.66. The minimum Gasteiger partial charge on any atom is -0.337 e. The van der Waals surface area contributed by atoms with Crippen molar-refractivity contribution in [3.63, 3.8) is 0 Å². The highest BCUT2D eigenvalue weighted by Crippen LogP contribution is 2.28. The molecule has 0 aromatic heterocycles. The summed E-state index contributed by atoms with van der Waals surface area (Å²) in [7, 11) is -3.93. The van der Waals surface area contributed by atoms with Crippen LogP contribution in [0.25, 0.3) is 0 Å². The van der Waals surface area contributed by atoms with Crippen molar-refractivity contribution in [2.45, 2.75) is 24.8 Å². The molecule has 1 aliphatic rings. The highest BCUT2D eigenvalue weighted by Gasteiger charge is 2.30. The van der Waals surface area contributed by atoms with Crippen LogP contribution in [0, 0.1) is 0 Å². The molecule has 0 aliphatic carbocycles. The SMILES string of the molecule is CCN(CC(=O)N1CCc2ccccc2C1)S(=O)(=O)c1cc(Cl)ccc1Cl. The van der Waals surface area contributed by atoms with E-state index >= 15 is 0 Å². The molecular formula is C19H20Cl2N2O3S. The molecule has 0 saturated heterocycles. The Hall–Kier alpha value is -1.60. The minimum absolute atomic E-state index is 0.0807. The lowest BCUT2D eigenvalue weighted by atomic mass is 10.00. The number of rotatable bonds is 5. The van der Waals surface area contributed by atoms with Crippen molar-refractivity contribution in [2.24, 2.45) is 0 Å². The van der Waals surface area contributed by atoms with E-state index in [0.717, 1.165) is 16.3 Å². The summed E-state index contributed by atoms with van der Waals surface area (Å²) in [6.07, 6.45) is 0.765. The van der Waals surface area contributed by atoms with Gasteiger partial charge in [-0.2, -0.15) is 4.31 Å². The summed E-state index contributed by atoms with van der Waals surface area (Å²) in [5.74, 6) is -0.229. The summed E-state index contributed by atoms with van der Waals surface area (Å²) in [4.78, 5) is 14.4. The molecule has 1 amide bonds. The maximum Gasteiger partial charge on any atom is 0.245 e. The highest BCUT2D eigenvalue weighted by molar-refractivity contribution is 7.89. The number of sulfonamides is 1. The van der Waals surface area contributed by atoms with Crippen molar-refractivity contribution in [2.75, 3.05) is 19.6 Å². The van der Waals surface area contributed by atoms with Gasteiger partial charge < -0.3 is 4.90 Å². The second kappa shape index (κ2) is 8.19. The number of nitrogens with zero attached hydrogens (tertiary/aromatic N) is 2. The smallest absolute Gasteiger partial charge is 0.245 e. The molecule has 5 nitrogen and oxygen atoms in total. The van der Waals surface area contributed by atoms with Crippen molar-refractivity contribution >= 4 is 39.1 Å². The maximum atomic E-state index is 13.0. The number of hydrogen-bond donors (Lipinski definition) is 0. The molecule has 0 saturated carbocycles. The lowest BCUT2D eigenvalue weighted by Gasteiger charge is -2.31. The van der Waals surface area contributed by atoms with Gasteiger partial charge in [-0.05, 0) is 35.7 Å². The van der Waals surface area contributed by atoms with Gasteiger partial charge in [0.05, 0.1) is 11.6 Å². The van der Waals surface area contributed by atoms with E-state index < -0.39 is 10.0 Å². The summed E-state index contributed by atoms with van der Waals surface area (Å²) in [5, 5.41) is 0.352. The Morgan fingerprint density at radius 3 is 2.56 bits per heavy atom. The zero-order valence-corrected chi connectivity index (χ0v) is 17.2. The van der Waals surface area contributed by atoms with Gasteiger partial charge in [0.1, 0.15) is 4.90 Å². The second-order valence-corrected chi connectivity index (χ2v) is 9.09. The van der Waals surface area contributed by atoms with E-state index in [1.165, 1.54) is 23.8 Å². The van der Waals surface area contributed by atoms with Gasteiger partial charge in [0.25, 0.3) is 0 Å². The van der Waals surface area contributed by atoms with Crippen molar-refractivity contribution in [3.8, 4) is 0 Å². The van der Waals surface area contributed by atoms with E-state index in [9.17, 15) is 13.2 Å². The molecule has 0 unspecified atom stereocenters. The summed E-state index contributed by atoms with van der Waals surface area (Å²) in [6.45, 7) is 2.68. The van der Waals surface area contributed by atoms with Crippen LogP contribution < -0.4 is 0 Å². The fourth-order valence-electron chi connectivity index (χ4n) is 3.14. The van der Waals surface area contributed by atoms with Gasteiger partial charge in [-0.25, -0.2) is 8.42 Å². The van der Waals surface area contributed by atoms with Crippen LogP contribution in [0.15, 0.2) is 47.4 Å². The largest absolute Gasteiger partial charge is 0.337 e. The molecule has 0 bridgehead atoms. The van der Waals surface area contributed by atoms with Gasteiger partial charge in [0.15, 0.2) is 0 Å². The lowest BCUT2D eigenvalue weighted by Crippen LogP contribution is -2.44. The molecule has 0 atom stereocenters. The molecule has 2 aromatic rings. The number of benzene rings is 2. The van der Waals surface area contributed by atoms with E-state index in [0.29, 0.717) is 13.1 Å². The lowest BCUT2D eigenvalue weighted by molar-refractivity contribution is -0.132. The standard InChI is InChI=1S/C19H20Cl2N2O3S/c1-2-23(27(25,26)18-11-16(20)7-8-17(18)21)13-19(24)22-10-9-14-5-3-4-6-15(14)12-22/h3-8,11H,2,9-10,12-13H2,1H3. The molecule has 1 aliphatic heterocycles. The van der Waals surface area contributed by atoms with Crippen LogP contribution >= 0.6 is 23.2 Å². The van der Waals surface area contributed by atoms with Crippen molar-refractivity contribution in [1.29, 1.82) is 0 Å². The van der Waals surface area contributed by atoms with Crippen molar-refractivity contribution in [3.05, 3.63) is 63.6 Å². The van der Waals surface area contributed by atoms with Crippen LogP contribution in [-0.2, 0) is 27.8 Å². The number of hydrogen-bond acceptors (Lipinski definition) is 3. The van der Waals surface area contributed by atoms with Gasteiger partial charge in [0, 0.05) is 24.7 Å². The molecule has 27 heavy (non-hydrogen) atoms. The van der Waals surface area contributed by atoms with Gasteiger partial charge in [-0.3, -0.25) is 4.79 Å². The fraction of sp³-hybridized carbons (Fsp3) is 0.316. The minimum atomic E-state index is -3.93. The average molecular weight is 427 g/mol. The Balaban J connectivity index is 1.79.